The molecule has 0 aliphatic carbocycles. The van der Waals surface area contributed by atoms with E-state index in [1.54, 1.807) is 26.1 Å². The topological polar surface area (TPSA) is 78.7 Å². The highest BCUT2D eigenvalue weighted by Gasteiger charge is 2.09. The van der Waals surface area contributed by atoms with Crippen LogP contribution in [0.25, 0.3) is 0 Å². The van der Waals surface area contributed by atoms with E-state index in [1.807, 2.05) is 5.32 Å². The Hall–Kier alpha value is -1.96. The molecule has 0 bridgehead atoms. The van der Waals surface area contributed by atoms with Crippen LogP contribution in [0.2, 0.25) is 0 Å². The highest BCUT2D eigenvalue weighted by molar-refractivity contribution is 5.96. The summed E-state index contributed by atoms with van der Waals surface area (Å²) in [6, 6.07) is 1.59. The third-order valence-corrected chi connectivity index (χ3v) is 1.51. The summed E-state index contributed by atoms with van der Waals surface area (Å²) in [5.74, 6) is -0.446. The van der Waals surface area contributed by atoms with E-state index in [9.17, 15) is 4.79 Å². The van der Waals surface area contributed by atoms with Crippen LogP contribution in [0.15, 0.2) is 6.07 Å². The second-order valence-electron chi connectivity index (χ2n) is 2.55. The minimum absolute atomic E-state index is 0.383. The molecule has 0 aliphatic heterocycles. The Balaban J connectivity index is 3.07. The Morgan fingerprint density at radius 2 is 2.23 bits per heavy atom. The molecule has 5 heteroatoms. The van der Waals surface area contributed by atoms with E-state index >= 15 is 0 Å². The van der Waals surface area contributed by atoms with Crippen molar-refractivity contribution in [2.45, 2.75) is 13.8 Å². The quantitative estimate of drug-likeness (QED) is 0.493. The highest BCUT2D eigenvalue weighted by atomic mass is 16.1. The van der Waals surface area contributed by atoms with Gasteiger partial charge in [0.05, 0.1) is 17.0 Å². The molecule has 1 heterocycles. The third-order valence-electron chi connectivity index (χ3n) is 1.51. The monoisotopic (exact) mass is 176 g/mol. The molecule has 1 rings (SSSR count). The van der Waals surface area contributed by atoms with Gasteiger partial charge in [-0.1, -0.05) is 0 Å². The van der Waals surface area contributed by atoms with Gasteiger partial charge in [0.25, 0.3) is 5.91 Å². The smallest absolute Gasteiger partial charge is 0.266 e. The van der Waals surface area contributed by atoms with Gasteiger partial charge in [-0.05, 0) is 19.9 Å². The summed E-state index contributed by atoms with van der Waals surface area (Å²) in [4.78, 5) is 11.2. The predicted molar refractivity (Wildman–Crippen MR) is 44.6 cm³/mol. The minimum atomic E-state index is -0.446. The molecular formula is C8H8N4O. The molecule has 0 aromatic carbocycles. The zero-order valence-corrected chi connectivity index (χ0v) is 7.33. The molecule has 13 heavy (non-hydrogen) atoms. The van der Waals surface area contributed by atoms with Gasteiger partial charge >= 0.3 is 0 Å². The van der Waals surface area contributed by atoms with Crippen molar-refractivity contribution < 1.29 is 4.79 Å². The molecule has 0 fully saturated rings. The number of aromatic nitrogens is 2. The van der Waals surface area contributed by atoms with Crippen molar-refractivity contribution in [1.82, 2.24) is 15.5 Å². The molecule has 1 amide bonds. The van der Waals surface area contributed by atoms with Crippen molar-refractivity contribution >= 4 is 5.91 Å². The molecule has 0 unspecified atom stereocenters. The Kier molecular flexibility index (Phi) is 2.55. The van der Waals surface area contributed by atoms with Crippen LogP contribution in [0.3, 0.4) is 0 Å². The van der Waals surface area contributed by atoms with E-state index in [1.165, 1.54) is 0 Å². The van der Waals surface area contributed by atoms with Gasteiger partial charge in [0.15, 0.2) is 6.19 Å². The first-order chi connectivity index (χ1) is 6.15. The molecular weight excluding hydrogens is 168 g/mol. The average molecular weight is 176 g/mol. The summed E-state index contributed by atoms with van der Waals surface area (Å²) >= 11 is 0. The molecule has 0 saturated heterocycles. The van der Waals surface area contributed by atoms with E-state index < -0.39 is 5.91 Å². The number of hydrogen-bond donors (Lipinski definition) is 1. The first-order valence-electron chi connectivity index (χ1n) is 3.65. The molecule has 1 aromatic rings. The van der Waals surface area contributed by atoms with E-state index in [0.717, 1.165) is 0 Å². The van der Waals surface area contributed by atoms with Gasteiger partial charge in [-0.25, -0.2) is 0 Å². The van der Waals surface area contributed by atoms with E-state index in [-0.39, 0.29) is 0 Å². The van der Waals surface area contributed by atoms with Gasteiger partial charge in [0.2, 0.25) is 0 Å². The molecule has 1 aromatic heterocycles. The molecule has 0 saturated carbocycles. The zero-order chi connectivity index (χ0) is 9.84. The zero-order valence-electron chi connectivity index (χ0n) is 7.33. The fourth-order valence-electron chi connectivity index (χ4n) is 0.898. The van der Waals surface area contributed by atoms with Gasteiger partial charge < -0.3 is 0 Å². The van der Waals surface area contributed by atoms with Crippen molar-refractivity contribution in [2.24, 2.45) is 0 Å². The summed E-state index contributed by atoms with van der Waals surface area (Å²) in [6.07, 6.45) is 1.56. The van der Waals surface area contributed by atoms with E-state index in [2.05, 4.69) is 10.2 Å². The maximum absolute atomic E-state index is 11.2. The molecule has 0 spiro atoms. The number of nitrogens with zero attached hydrogens (tertiary/aromatic N) is 3. The fourth-order valence-corrected chi connectivity index (χ4v) is 0.898. The maximum Gasteiger partial charge on any atom is 0.266 e. The Morgan fingerprint density at radius 3 is 2.85 bits per heavy atom. The van der Waals surface area contributed by atoms with Gasteiger partial charge in [0, 0.05) is 0 Å². The average Bonchev–Trinajstić information content (AvgIpc) is 2.09. The Labute approximate surface area is 75.4 Å². The maximum atomic E-state index is 11.2. The number of hydrogen-bond acceptors (Lipinski definition) is 4. The van der Waals surface area contributed by atoms with Crippen molar-refractivity contribution in [2.75, 3.05) is 0 Å². The lowest BCUT2D eigenvalue weighted by Gasteiger charge is -2.01. The second kappa shape index (κ2) is 3.63. The summed E-state index contributed by atoms with van der Waals surface area (Å²) < 4.78 is 0. The van der Waals surface area contributed by atoms with Crippen LogP contribution in [0.4, 0.5) is 0 Å². The number of nitrogens with one attached hydrogen (secondary N) is 1. The van der Waals surface area contributed by atoms with Crippen LogP contribution < -0.4 is 5.32 Å². The first-order valence-corrected chi connectivity index (χ1v) is 3.65. The van der Waals surface area contributed by atoms with Gasteiger partial charge in [-0.2, -0.15) is 15.5 Å². The van der Waals surface area contributed by atoms with Crippen LogP contribution >= 0.6 is 0 Å². The molecule has 1 N–H and O–H groups in total. The predicted octanol–water partition coefficient (Wildman–Crippen LogP) is 0.304. The summed E-state index contributed by atoms with van der Waals surface area (Å²) in [7, 11) is 0. The van der Waals surface area contributed by atoms with Gasteiger partial charge in [-0.15, -0.1) is 0 Å². The molecule has 0 aliphatic rings. The van der Waals surface area contributed by atoms with Crippen molar-refractivity contribution in [3.63, 3.8) is 0 Å². The van der Waals surface area contributed by atoms with Crippen LogP contribution in [0.5, 0.6) is 0 Å². The third kappa shape index (κ3) is 1.99. The van der Waals surface area contributed by atoms with Gasteiger partial charge in [0.1, 0.15) is 0 Å². The lowest BCUT2D eigenvalue weighted by atomic mass is 10.2. The van der Waals surface area contributed by atoms with E-state index in [0.29, 0.717) is 17.0 Å². The van der Waals surface area contributed by atoms with Crippen LogP contribution in [0, 0.1) is 25.3 Å². The van der Waals surface area contributed by atoms with Crippen LogP contribution in [-0.2, 0) is 0 Å². The van der Waals surface area contributed by atoms with Crippen LogP contribution in [-0.4, -0.2) is 16.1 Å². The number of carbonyl (C=O) groups is 1. The van der Waals surface area contributed by atoms with Crippen molar-refractivity contribution in [1.29, 1.82) is 5.26 Å². The molecule has 0 atom stereocenters. The first kappa shape index (κ1) is 9.13. The number of amides is 1. The van der Waals surface area contributed by atoms with Crippen LogP contribution in [0.1, 0.15) is 21.7 Å². The number of carbonyl (C=O) groups excluding carboxylic acids is 1. The standard InChI is InChI=1S/C8H8N4O/c1-5-3-7(6(2)12-11-5)8(13)10-4-9/h3H,1-2H3,(H,10,13). The SMILES string of the molecule is Cc1cc(C(=O)NC#N)c(C)nn1. The number of rotatable bonds is 1. The van der Waals surface area contributed by atoms with Gasteiger partial charge in [-0.3, -0.25) is 10.1 Å². The lowest BCUT2D eigenvalue weighted by molar-refractivity contribution is 0.0971. The normalized spacial score (nSPS) is 9.00. The minimum Gasteiger partial charge on any atom is -0.268 e. The summed E-state index contributed by atoms with van der Waals surface area (Å²) in [5, 5.41) is 17.8. The van der Waals surface area contributed by atoms with Crippen molar-refractivity contribution in [3.8, 4) is 6.19 Å². The Morgan fingerprint density at radius 1 is 1.54 bits per heavy atom. The molecule has 66 valence electrons. The summed E-state index contributed by atoms with van der Waals surface area (Å²) in [5.41, 5.74) is 1.54. The summed E-state index contributed by atoms with van der Waals surface area (Å²) in [6.45, 7) is 3.40. The molecule has 0 radical (unpaired) electrons. The highest BCUT2D eigenvalue weighted by Crippen LogP contribution is 2.04. The lowest BCUT2D eigenvalue weighted by Crippen LogP contribution is -2.19. The largest absolute Gasteiger partial charge is 0.268 e. The Bertz CT molecular complexity index is 380. The fraction of sp³-hybridized carbons (Fsp3) is 0.250. The number of aryl methyl sites for hydroxylation is 2. The number of nitriles is 1. The second-order valence-corrected chi connectivity index (χ2v) is 2.55. The van der Waals surface area contributed by atoms with Crippen molar-refractivity contribution in [3.05, 3.63) is 23.0 Å². The van der Waals surface area contributed by atoms with E-state index in [4.69, 9.17) is 5.26 Å². The molecule has 5 nitrogen and oxygen atoms in total.